The van der Waals surface area contributed by atoms with Crippen LogP contribution in [-0.2, 0) is 6.18 Å². The minimum absolute atomic E-state index is 0.228. The van der Waals surface area contributed by atoms with E-state index in [-0.39, 0.29) is 5.91 Å². The van der Waals surface area contributed by atoms with E-state index in [2.05, 4.69) is 5.32 Å². The Labute approximate surface area is 133 Å². The van der Waals surface area contributed by atoms with E-state index >= 15 is 0 Å². The number of benzene rings is 2. The molecule has 2 aromatic rings. The number of alkyl halides is 3. The number of hydrogen-bond acceptors (Lipinski definition) is 1. The maximum atomic E-state index is 12.6. The molecule has 1 N–H and O–H groups in total. The molecule has 0 saturated carbocycles. The van der Waals surface area contributed by atoms with E-state index < -0.39 is 11.7 Å². The van der Waals surface area contributed by atoms with E-state index in [0.717, 1.165) is 12.1 Å². The molecule has 0 atom stereocenters. The Morgan fingerprint density at radius 1 is 1.04 bits per heavy atom. The molecule has 0 saturated heterocycles. The van der Waals surface area contributed by atoms with Crippen LogP contribution in [0.15, 0.2) is 48.5 Å². The Morgan fingerprint density at radius 2 is 1.65 bits per heavy atom. The van der Waals surface area contributed by atoms with Crippen LogP contribution < -0.4 is 5.32 Å². The van der Waals surface area contributed by atoms with Gasteiger partial charge in [0.15, 0.2) is 0 Å². The lowest BCUT2D eigenvalue weighted by atomic mass is 9.98. The second kappa shape index (κ2) is 6.86. The van der Waals surface area contributed by atoms with Crippen molar-refractivity contribution in [2.75, 3.05) is 6.54 Å². The van der Waals surface area contributed by atoms with Crippen molar-refractivity contribution in [3.63, 3.8) is 0 Å². The highest BCUT2D eigenvalue weighted by Gasteiger charge is 2.30. The summed E-state index contributed by atoms with van der Waals surface area (Å²) in [5.74, 6) is 0.0892. The van der Waals surface area contributed by atoms with Gasteiger partial charge in [-0.15, -0.1) is 0 Å². The number of rotatable bonds is 4. The van der Waals surface area contributed by atoms with Crippen LogP contribution in [0.1, 0.15) is 29.8 Å². The smallest absolute Gasteiger partial charge is 0.352 e. The zero-order valence-electron chi connectivity index (χ0n) is 12.9. The largest absolute Gasteiger partial charge is 0.416 e. The fraction of sp³-hybridized carbons (Fsp3) is 0.278. The molecule has 2 aromatic carbocycles. The van der Waals surface area contributed by atoms with Crippen molar-refractivity contribution < 1.29 is 18.0 Å². The number of amides is 1. The van der Waals surface area contributed by atoms with Gasteiger partial charge in [-0.3, -0.25) is 4.79 Å². The Bertz CT molecular complexity index is 675. The van der Waals surface area contributed by atoms with E-state index in [1.54, 1.807) is 24.3 Å². The van der Waals surface area contributed by atoms with E-state index in [1.165, 1.54) is 12.1 Å². The molecule has 0 bridgehead atoms. The summed E-state index contributed by atoms with van der Waals surface area (Å²) >= 11 is 0. The van der Waals surface area contributed by atoms with Gasteiger partial charge in [0.25, 0.3) is 5.91 Å². The molecule has 0 aliphatic carbocycles. The number of nitrogens with one attached hydrogen (secondary N) is 1. The third kappa shape index (κ3) is 4.34. The summed E-state index contributed by atoms with van der Waals surface area (Å²) < 4.78 is 37.9. The number of carbonyl (C=O) groups excluding carboxylic acids is 1. The Hall–Kier alpha value is -2.30. The molecule has 2 nitrogen and oxygen atoms in total. The average Bonchev–Trinajstić information content (AvgIpc) is 2.52. The summed E-state index contributed by atoms with van der Waals surface area (Å²) in [5, 5.41) is 2.83. The molecular weight excluding hydrogens is 303 g/mol. The fourth-order valence-electron chi connectivity index (χ4n) is 2.16. The van der Waals surface area contributed by atoms with E-state index in [9.17, 15) is 18.0 Å². The summed E-state index contributed by atoms with van der Waals surface area (Å²) in [6.45, 7) is 4.52. The molecular formula is C18H18F3NO. The minimum Gasteiger partial charge on any atom is -0.352 e. The summed E-state index contributed by atoms with van der Waals surface area (Å²) in [6.07, 6.45) is -4.37. The third-order valence-corrected chi connectivity index (χ3v) is 3.37. The molecule has 0 aromatic heterocycles. The van der Waals surface area contributed by atoms with Gasteiger partial charge in [0.2, 0.25) is 0 Å². The zero-order chi connectivity index (χ0) is 17.0. The normalized spacial score (nSPS) is 11.6. The van der Waals surface area contributed by atoms with Crippen LogP contribution in [0.3, 0.4) is 0 Å². The highest BCUT2D eigenvalue weighted by Crippen LogP contribution is 2.31. The quantitative estimate of drug-likeness (QED) is 0.864. The molecule has 0 spiro atoms. The number of carbonyl (C=O) groups is 1. The second-order valence-electron chi connectivity index (χ2n) is 5.72. The van der Waals surface area contributed by atoms with Crippen LogP contribution in [0.2, 0.25) is 0 Å². The maximum Gasteiger partial charge on any atom is 0.416 e. The average molecular weight is 321 g/mol. The van der Waals surface area contributed by atoms with Crippen LogP contribution in [0.5, 0.6) is 0 Å². The highest BCUT2D eigenvalue weighted by atomic mass is 19.4. The van der Waals surface area contributed by atoms with Crippen molar-refractivity contribution in [1.82, 2.24) is 5.32 Å². The van der Waals surface area contributed by atoms with Crippen molar-refractivity contribution >= 4 is 5.91 Å². The molecule has 1 amide bonds. The minimum atomic E-state index is -4.37. The summed E-state index contributed by atoms with van der Waals surface area (Å²) in [5.41, 5.74) is 0.937. The van der Waals surface area contributed by atoms with Gasteiger partial charge < -0.3 is 5.32 Å². The van der Waals surface area contributed by atoms with Gasteiger partial charge in [0.1, 0.15) is 0 Å². The second-order valence-corrected chi connectivity index (χ2v) is 5.72. The predicted octanol–water partition coefficient (Wildman–Crippen LogP) is 4.76. The molecule has 2 rings (SSSR count). The molecule has 0 radical (unpaired) electrons. The fourth-order valence-corrected chi connectivity index (χ4v) is 2.16. The molecule has 0 aliphatic rings. The molecule has 122 valence electrons. The van der Waals surface area contributed by atoms with Gasteiger partial charge in [-0.1, -0.05) is 44.2 Å². The molecule has 0 fully saturated rings. The van der Waals surface area contributed by atoms with Gasteiger partial charge in [-0.05, 0) is 35.2 Å². The van der Waals surface area contributed by atoms with Crippen molar-refractivity contribution in [3.05, 3.63) is 59.7 Å². The SMILES string of the molecule is CC(C)CNC(=O)c1ccccc1-c1ccc(C(F)(F)F)cc1. The van der Waals surface area contributed by atoms with Crippen molar-refractivity contribution in [3.8, 4) is 11.1 Å². The summed E-state index contributed by atoms with van der Waals surface area (Å²) in [4.78, 5) is 12.3. The topological polar surface area (TPSA) is 29.1 Å². The summed E-state index contributed by atoms with van der Waals surface area (Å²) in [6, 6.07) is 11.7. The van der Waals surface area contributed by atoms with Crippen LogP contribution >= 0.6 is 0 Å². The third-order valence-electron chi connectivity index (χ3n) is 3.37. The Kier molecular flexibility index (Phi) is 5.08. The van der Waals surface area contributed by atoms with Crippen LogP contribution in [0.4, 0.5) is 13.2 Å². The zero-order valence-corrected chi connectivity index (χ0v) is 12.9. The molecule has 0 unspecified atom stereocenters. The first-order valence-electron chi connectivity index (χ1n) is 7.34. The highest BCUT2D eigenvalue weighted by molar-refractivity contribution is 6.00. The van der Waals surface area contributed by atoms with Gasteiger partial charge in [-0.2, -0.15) is 13.2 Å². The van der Waals surface area contributed by atoms with Gasteiger partial charge in [0, 0.05) is 12.1 Å². The van der Waals surface area contributed by atoms with Crippen LogP contribution in [0, 0.1) is 5.92 Å². The first-order chi connectivity index (χ1) is 10.8. The van der Waals surface area contributed by atoms with E-state index in [1.807, 2.05) is 13.8 Å². The van der Waals surface area contributed by atoms with Crippen molar-refractivity contribution in [2.45, 2.75) is 20.0 Å². The number of hydrogen-bond donors (Lipinski definition) is 1. The van der Waals surface area contributed by atoms with Gasteiger partial charge in [-0.25, -0.2) is 0 Å². The van der Waals surface area contributed by atoms with Gasteiger partial charge >= 0.3 is 6.18 Å². The lowest BCUT2D eigenvalue weighted by molar-refractivity contribution is -0.137. The van der Waals surface area contributed by atoms with Crippen molar-refractivity contribution in [2.24, 2.45) is 5.92 Å². The molecule has 23 heavy (non-hydrogen) atoms. The maximum absolute atomic E-state index is 12.6. The monoisotopic (exact) mass is 321 g/mol. The van der Waals surface area contributed by atoms with Crippen LogP contribution in [0.25, 0.3) is 11.1 Å². The molecule has 0 heterocycles. The Morgan fingerprint density at radius 3 is 2.22 bits per heavy atom. The lowest BCUT2D eigenvalue weighted by Crippen LogP contribution is -2.27. The van der Waals surface area contributed by atoms with E-state index in [0.29, 0.717) is 29.2 Å². The lowest BCUT2D eigenvalue weighted by Gasteiger charge is -2.12. The predicted molar refractivity (Wildman–Crippen MR) is 84.1 cm³/mol. The number of halogens is 3. The van der Waals surface area contributed by atoms with Crippen LogP contribution in [-0.4, -0.2) is 12.5 Å². The standard InChI is InChI=1S/C18H18F3NO/c1-12(2)11-22-17(23)16-6-4-3-5-15(16)13-7-9-14(10-8-13)18(19,20)21/h3-10,12H,11H2,1-2H3,(H,22,23). The van der Waals surface area contributed by atoms with E-state index in [4.69, 9.17) is 0 Å². The first kappa shape index (κ1) is 17.1. The first-order valence-corrected chi connectivity index (χ1v) is 7.34. The van der Waals surface area contributed by atoms with Crippen molar-refractivity contribution in [1.29, 1.82) is 0 Å². The van der Waals surface area contributed by atoms with Gasteiger partial charge in [0.05, 0.1) is 5.56 Å². The molecule has 5 heteroatoms. The molecule has 0 aliphatic heterocycles. The summed E-state index contributed by atoms with van der Waals surface area (Å²) in [7, 11) is 0. The Balaban J connectivity index is 2.31.